The number of hydrogen-bond donors (Lipinski definition) is 2. The number of Topliss-reactive ketones (excluding diaryl/α,β-unsaturated/α-hetero) is 1. The van der Waals surface area contributed by atoms with Crippen LogP contribution in [0.25, 0.3) is 0 Å². The van der Waals surface area contributed by atoms with Gasteiger partial charge >= 0.3 is 0 Å². The molecule has 0 heterocycles. The van der Waals surface area contributed by atoms with Crippen LogP contribution in [0.3, 0.4) is 0 Å². The highest BCUT2D eigenvalue weighted by Crippen LogP contribution is 2.67. The summed E-state index contributed by atoms with van der Waals surface area (Å²) in [7, 11) is 1.64. The molecule has 10 atom stereocenters. The summed E-state index contributed by atoms with van der Waals surface area (Å²) in [6, 6.07) is 0. The zero-order valence-electron chi connectivity index (χ0n) is 23.4. The molecule has 4 aliphatic carbocycles. The second-order valence-electron chi connectivity index (χ2n) is 13.0. The normalized spacial score (nSPS) is 42.0. The average molecular weight is 503 g/mol. The van der Waals surface area contributed by atoms with Gasteiger partial charge in [-0.15, -0.1) is 0 Å². The monoisotopic (exact) mass is 502 g/mol. The lowest BCUT2D eigenvalue weighted by atomic mass is 9.45. The van der Waals surface area contributed by atoms with Gasteiger partial charge in [-0.1, -0.05) is 51.5 Å². The topological polar surface area (TPSA) is 76.0 Å². The van der Waals surface area contributed by atoms with Crippen molar-refractivity contribution in [1.29, 1.82) is 0 Å². The second kappa shape index (κ2) is 11.0. The van der Waals surface area contributed by atoms with Crippen molar-refractivity contribution in [3.8, 4) is 0 Å². The molecular weight excluding hydrogens is 452 g/mol. The SMILES string of the molecule is COCOC[C@H](/C=C/[C@@H](C)[C@H]1CCC2C3CC=C4C[C@@H](O)CC[C@]4(C)C3C[C@H](O)[C@@]21C(C)=O)C(C)C. The van der Waals surface area contributed by atoms with Crippen LogP contribution < -0.4 is 0 Å². The van der Waals surface area contributed by atoms with Crippen molar-refractivity contribution in [3.63, 3.8) is 0 Å². The van der Waals surface area contributed by atoms with E-state index in [9.17, 15) is 15.0 Å². The Labute approximate surface area is 218 Å². The third-order valence-corrected chi connectivity index (χ3v) is 11.0. The van der Waals surface area contributed by atoms with E-state index in [1.807, 2.05) is 0 Å². The number of rotatable bonds is 9. The quantitative estimate of drug-likeness (QED) is 0.246. The summed E-state index contributed by atoms with van der Waals surface area (Å²) in [4.78, 5) is 13.6. The van der Waals surface area contributed by atoms with E-state index in [2.05, 4.69) is 45.9 Å². The Hall–Kier alpha value is -1.01. The Morgan fingerprint density at radius 2 is 1.92 bits per heavy atom. The van der Waals surface area contributed by atoms with Crippen molar-refractivity contribution >= 4 is 5.78 Å². The van der Waals surface area contributed by atoms with Crippen molar-refractivity contribution in [2.24, 2.45) is 52.3 Å². The van der Waals surface area contributed by atoms with Crippen LogP contribution in [0.4, 0.5) is 0 Å². The Morgan fingerprint density at radius 3 is 2.58 bits per heavy atom. The molecule has 0 saturated heterocycles. The molecular formula is C31H50O5. The van der Waals surface area contributed by atoms with Crippen LogP contribution in [0, 0.1) is 52.3 Å². The van der Waals surface area contributed by atoms with Gasteiger partial charge in [-0.05, 0) is 92.8 Å². The number of ketones is 1. The molecule has 2 N–H and O–H groups in total. The molecule has 3 fully saturated rings. The van der Waals surface area contributed by atoms with E-state index in [1.165, 1.54) is 5.57 Å². The average Bonchev–Trinajstić information content (AvgIpc) is 3.24. The van der Waals surface area contributed by atoms with Gasteiger partial charge in [0.2, 0.25) is 0 Å². The Bertz CT molecular complexity index is 848. The first kappa shape index (κ1) is 28.0. The molecule has 0 bridgehead atoms. The van der Waals surface area contributed by atoms with Crippen molar-refractivity contribution in [2.45, 2.75) is 91.8 Å². The number of ether oxygens (including phenoxy) is 2. The molecule has 36 heavy (non-hydrogen) atoms. The number of fused-ring (bicyclic) bond motifs is 5. The predicted octanol–water partition coefficient (Wildman–Crippen LogP) is 5.55. The highest BCUT2D eigenvalue weighted by atomic mass is 16.7. The molecule has 3 unspecified atom stereocenters. The molecule has 0 aromatic heterocycles. The largest absolute Gasteiger partial charge is 0.393 e. The molecule has 0 aromatic rings. The summed E-state index contributed by atoms with van der Waals surface area (Å²) < 4.78 is 10.7. The Balaban J connectivity index is 1.59. The van der Waals surface area contributed by atoms with Crippen LogP contribution in [0.5, 0.6) is 0 Å². The van der Waals surface area contributed by atoms with Gasteiger partial charge in [0.15, 0.2) is 0 Å². The van der Waals surface area contributed by atoms with E-state index in [-0.39, 0.29) is 41.0 Å². The fourth-order valence-electron chi connectivity index (χ4n) is 9.01. The molecule has 0 aliphatic heterocycles. The fraction of sp³-hybridized carbons (Fsp3) is 0.839. The van der Waals surface area contributed by atoms with E-state index in [0.717, 1.165) is 38.5 Å². The number of carbonyl (C=O) groups excluding carboxylic acids is 1. The van der Waals surface area contributed by atoms with Gasteiger partial charge in [-0.2, -0.15) is 0 Å². The molecule has 3 saturated carbocycles. The first-order valence-corrected chi connectivity index (χ1v) is 14.4. The standard InChI is InChI=1S/C31H50O5/c1-19(2)22(17-36-18-35-6)8-7-20(3)26-11-12-27-25-10-9-23-15-24(33)13-14-30(23,5)28(25)16-29(34)31(26,27)21(4)32/h7-9,19-20,22,24-29,33-34H,10-18H2,1-6H3/b8-7+/t20-,22+,24+,25?,26-,27?,28?,29+,30+,31-/m1/s1. The molecule has 5 heteroatoms. The molecule has 0 aromatic carbocycles. The first-order chi connectivity index (χ1) is 17.1. The van der Waals surface area contributed by atoms with E-state index in [1.54, 1.807) is 14.0 Å². The predicted molar refractivity (Wildman–Crippen MR) is 142 cm³/mol. The van der Waals surface area contributed by atoms with Crippen LogP contribution >= 0.6 is 0 Å². The van der Waals surface area contributed by atoms with Crippen molar-refractivity contribution in [2.75, 3.05) is 20.5 Å². The van der Waals surface area contributed by atoms with Gasteiger partial charge < -0.3 is 19.7 Å². The van der Waals surface area contributed by atoms with Crippen LogP contribution in [-0.2, 0) is 14.3 Å². The maximum Gasteiger partial charge on any atom is 0.146 e. The maximum absolute atomic E-state index is 13.6. The van der Waals surface area contributed by atoms with Crippen LogP contribution in [0.2, 0.25) is 0 Å². The smallest absolute Gasteiger partial charge is 0.146 e. The molecule has 5 nitrogen and oxygen atoms in total. The van der Waals surface area contributed by atoms with Gasteiger partial charge in [0.05, 0.1) is 24.2 Å². The molecule has 0 spiro atoms. The number of hydrogen-bond acceptors (Lipinski definition) is 5. The van der Waals surface area contributed by atoms with Gasteiger partial charge in [-0.3, -0.25) is 4.79 Å². The zero-order chi connectivity index (χ0) is 26.3. The third-order valence-electron chi connectivity index (χ3n) is 11.0. The van der Waals surface area contributed by atoms with Gasteiger partial charge in [-0.25, -0.2) is 0 Å². The van der Waals surface area contributed by atoms with Gasteiger partial charge in [0.1, 0.15) is 12.6 Å². The minimum absolute atomic E-state index is 0.0440. The summed E-state index contributed by atoms with van der Waals surface area (Å²) >= 11 is 0. The summed E-state index contributed by atoms with van der Waals surface area (Å²) in [6.07, 6.45) is 12.4. The highest BCUT2D eigenvalue weighted by molar-refractivity contribution is 5.84. The van der Waals surface area contributed by atoms with Crippen molar-refractivity contribution in [3.05, 3.63) is 23.8 Å². The number of allylic oxidation sites excluding steroid dienone is 2. The summed E-state index contributed by atoms with van der Waals surface area (Å²) in [5.41, 5.74) is 0.787. The van der Waals surface area contributed by atoms with Crippen LogP contribution in [0.1, 0.15) is 79.6 Å². The molecule has 0 amide bonds. The summed E-state index contributed by atoms with van der Waals surface area (Å²) in [5, 5.41) is 22.2. The van der Waals surface area contributed by atoms with Gasteiger partial charge in [0.25, 0.3) is 0 Å². The van der Waals surface area contributed by atoms with Crippen molar-refractivity contribution in [1.82, 2.24) is 0 Å². The van der Waals surface area contributed by atoms with E-state index >= 15 is 0 Å². The van der Waals surface area contributed by atoms with Crippen LogP contribution in [0.15, 0.2) is 23.8 Å². The highest BCUT2D eigenvalue weighted by Gasteiger charge is 2.66. The minimum atomic E-state index is -0.652. The molecule has 0 radical (unpaired) electrons. The number of carbonyl (C=O) groups is 1. The fourth-order valence-corrected chi connectivity index (χ4v) is 9.01. The summed E-state index contributed by atoms with van der Waals surface area (Å²) in [5.74, 6) is 2.36. The lowest BCUT2D eigenvalue weighted by Gasteiger charge is -2.60. The van der Waals surface area contributed by atoms with E-state index in [4.69, 9.17) is 9.47 Å². The van der Waals surface area contributed by atoms with E-state index in [0.29, 0.717) is 37.6 Å². The Morgan fingerprint density at radius 1 is 1.17 bits per heavy atom. The number of methoxy groups -OCH3 is 1. The van der Waals surface area contributed by atoms with Gasteiger partial charge in [0, 0.05) is 13.0 Å². The summed E-state index contributed by atoms with van der Waals surface area (Å²) in [6.45, 7) is 11.7. The first-order valence-electron chi connectivity index (χ1n) is 14.4. The maximum atomic E-state index is 13.6. The Kier molecular flexibility index (Phi) is 8.56. The lowest BCUT2D eigenvalue weighted by Crippen LogP contribution is -2.60. The second-order valence-corrected chi connectivity index (χ2v) is 13.0. The van der Waals surface area contributed by atoms with Crippen LogP contribution in [-0.4, -0.2) is 48.7 Å². The molecule has 204 valence electrons. The van der Waals surface area contributed by atoms with E-state index < -0.39 is 11.5 Å². The lowest BCUT2D eigenvalue weighted by molar-refractivity contribution is -0.166. The number of aliphatic hydroxyl groups excluding tert-OH is 2. The third kappa shape index (κ3) is 4.67. The molecule has 4 rings (SSSR count). The molecule has 4 aliphatic rings. The number of aliphatic hydroxyl groups is 2. The van der Waals surface area contributed by atoms with Crippen molar-refractivity contribution < 1.29 is 24.5 Å². The minimum Gasteiger partial charge on any atom is -0.393 e. The zero-order valence-corrected chi connectivity index (χ0v) is 23.4.